The SMILES string of the molecule is O=C(c1cccnn1)N1CCN(Cc2ccccn2)C2CS(=O)(=O)CC21. The molecule has 1 amide bonds. The van der Waals surface area contributed by atoms with E-state index in [1.165, 1.54) is 6.20 Å². The summed E-state index contributed by atoms with van der Waals surface area (Å²) >= 11 is 0. The maximum absolute atomic E-state index is 12.8. The molecular weight excluding hydrogens is 354 g/mol. The van der Waals surface area contributed by atoms with Crippen LogP contribution in [0.5, 0.6) is 0 Å². The molecule has 26 heavy (non-hydrogen) atoms. The monoisotopic (exact) mass is 373 g/mol. The largest absolute Gasteiger partial charge is 0.330 e. The van der Waals surface area contributed by atoms with Gasteiger partial charge in [-0.15, -0.1) is 5.10 Å². The zero-order chi connectivity index (χ0) is 18.1. The van der Waals surface area contributed by atoms with Crippen LogP contribution in [0.3, 0.4) is 0 Å². The number of carbonyl (C=O) groups is 1. The lowest BCUT2D eigenvalue weighted by Gasteiger charge is -2.43. The molecule has 0 radical (unpaired) electrons. The van der Waals surface area contributed by atoms with Crippen molar-refractivity contribution in [2.24, 2.45) is 0 Å². The van der Waals surface area contributed by atoms with E-state index in [0.29, 0.717) is 19.6 Å². The zero-order valence-electron chi connectivity index (χ0n) is 14.1. The predicted octanol–water partition coefficient (Wildman–Crippen LogP) is -0.00480. The Morgan fingerprint density at radius 1 is 1.08 bits per heavy atom. The molecule has 4 rings (SSSR count). The van der Waals surface area contributed by atoms with Gasteiger partial charge in [0.05, 0.1) is 23.2 Å². The number of carbonyl (C=O) groups excluding carboxylic acids is 1. The zero-order valence-corrected chi connectivity index (χ0v) is 14.9. The number of sulfone groups is 1. The molecule has 0 saturated carbocycles. The van der Waals surface area contributed by atoms with Gasteiger partial charge >= 0.3 is 0 Å². The number of rotatable bonds is 3. The maximum atomic E-state index is 12.8. The Bertz CT molecular complexity index is 891. The molecule has 8 nitrogen and oxygen atoms in total. The van der Waals surface area contributed by atoms with Crippen LogP contribution in [-0.2, 0) is 16.4 Å². The Morgan fingerprint density at radius 3 is 2.65 bits per heavy atom. The van der Waals surface area contributed by atoms with E-state index in [4.69, 9.17) is 0 Å². The summed E-state index contributed by atoms with van der Waals surface area (Å²) in [5.41, 5.74) is 1.14. The van der Waals surface area contributed by atoms with Gasteiger partial charge in [0, 0.05) is 38.1 Å². The van der Waals surface area contributed by atoms with Crippen LogP contribution in [0.15, 0.2) is 42.7 Å². The number of nitrogens with zero attached hydrogens (tertiary/aromatic N) is 5. The van der Waals surface area contributed by atoms with Gasteiger partial charge < -0.3 is 4.90 Å². The molecule has 0 spiro atoms. The molecule has 136 valence electrons. The molecule has 2 aliphatic heterocycles. The third kappa shape index (κ3) is 3.32. The van der Waals surface area contributed by atoms with Crippen LogP contribution in [0.1, 0.15) is 16.2 Å². The standard InChI is InChI=1S/C17H19N5O3S/c23-17(14-5-3-7-19-20-14)22-9-8-21(10-13-4-1-2-6-18-13)15-11-26(24,25)12-16(15)22/h1-7,15-16H,8-12H2. The number of fused-ring (bicyclic) bond motifs is 1. The first kappa shape index (κ1) is 17.0. The second-order valence-electron chi connectivity index (χ2n) is 6.61. The molecule has 2 aliphatic rings. The number of amides is 1. The highest BCUT2D eigenvalue weighted by molar-refractivity contribution is 7.91. The molecule has 0 aromatic carbocycles. The molecule has 2 saturated heterocycles. The molecule has 0 bridgehead atoms. The van der Waals surface area contributed by atoms with Crippen molar-refractivity contribution < 1.29 is 13.2 Å². The van der Waals surface area contributed by atoms with E-state index in [2.05, 4.69) is 20.1 Å². The van der Waals surface area contributed by atoms with Gasteiger partial charge in [0.2, 0.25) is 0 Å². The fraction of sp³-hybridized carbons (Fsp3) is 0.412. The lowest BCUT2D eigenvalue weighted by Crippen LogP contribution is -2.60. The Balaban J connectivity index is 1.59. The molecule has 2 atom stereocenters. The third-order valence-corrected chi connectivity index (χ3v) is 6.63. The molecule has 2 unspecified atom stereocenters. The van der Waals surface area contributed by atoms with Gasteiger partial charge in [-0.1, -0.05) is 6.07 Å². The van der Waals surface area contributed by atoms with E-state index in [0.717, 1.165) is 5.69 Å². The average molecular weight is 373 g/mol. The van der Waals surface area contributed by atoms with Crippen molar-refractivity contribution in [1.82, 2.24) is 25.0 Å². The van der Waals surface area contributed by atoms with Crippen LogP contribution in [0.4, 0.5) is 0 Å². The van der Waals surface area contributed by atoms with E-state index in [1.54, 1.807) is 23.2 Å². The smallest absolute Gasteiger partial charge is 0.274 e. The van der Waals surface area contributed by atoms with E-state index < -0.39 is 9.84 Å². The maximum Gasteiger partial charge on any atom is 0.274 e. The summed E-state index contributed by atoms with van der Waals surface area (Å²) in [6.07, 6.45) is 3.23. The van der Waals surface area contributed by atoms with Gasteiger partial charge in [-0.2, -0.15) is 5.10 Å². The van der Waals surface area contributed by atoms with E-state index in [1.807, 2.05) is 18.2 Å². The number of pyridine rings is 1. The van der Waals surface area contributed by atoms with Crippen LogP contribution in [0.2, 0.25) is 0 Å². The van der Waals surface area contributed by atoms with Crippen molar-refractivity contribution in [3.8, 4) is 0 Å². The molecule has 9 heteroatoms. The van der Waals surface area contributed by atoms with Gasteiger partial charge in [-0.05, 0) is 24.3 Å². The number of aromatic nitrogens is 3. The molecule has 2 aromatic heterocycles. The Labute approximate surface area is 151 Å². The predicted molar refractivity (Wildman–Crippen MR) is 93.9 cm³/mol. The molecule has 4 heterocycles. The average Bonchev–Trinajstić information content (AvgIpc) is 2.98. The summed E-state index contributed by atoms with van der Waals surface area (Å²) in [6.45, 7) is 1.63. The molecule has 2 fully saturated rings. The number of piperazine rings is 1. The summed E-state index contributed by atoms with van der Waals surface area (Å²) in [5, 5.41) is 7.63. The minimum atomic E-state index is -3.19. The van der Waals surface area contributed by atoms with Crippen LogP contribution < -0.4 is 0 Å². The summed E-state index contributed by atoms with van der Waals surface area (Å²) in [6, 6.07) is 8.36. The van der Waals surface area contributed by atoms with E-state index >= 15 is 0 Å². The van der Waals surface area contributed by atoms with Crippen LogP contribution in [0, 0.1) is 0 Å². The first-order valence-corrected chi connectivity index (χ1v) is 10.3. The van der Waals surface area contributed by atoms with Crippen molar-refractivity contribution in [3.63, 3.8) is 0 Å². The highest BCUT2D eigenvalue weighted by Crippen LogP contribution is 2.28. The normalized spacial score (nSPS) is 25.0. The quantitative estimate of drug-likeness (QED) is 0.747. The Hall–Kier alpha value is -2.39. The summed E-state index contributed by atoms with van der Waals surface area (Å²) in [7, 11) is -3.19. The van der Waals surface area contributed by atoms with Crippen molar-refractivity contribution in [2.75, 3.05) is 24.6 Å². The lowest BCUT2D eigenvalue weighted by molar-refractivity contribution is 0.0297. The highest BCUT2D eigenvalue weighted by atomic mass is 32.2. The van der Waals surface area contributed by atoms with Crippen molar-refractivity contribution >= 4 is 15.7 Å². The number of hydrogen-bond donors (Lipinski definition) is 0. The molecular formula is C17H19N5O3S. The Morgan fingerprint density at radius 2 is 1.92 bits per heavy atom. The highest BCUT2D eigenvalue weighted by Gasteiger charge is 2.48. The van der Waals surface area contributed by atoms with E-state index in [9.17, 15) is 13.2 Å². The van der Waals surface area contributed by atoms with Gasteiger partial charge in [0.1, 0.15) is 0 Å². The minimum absolute atomic E-state index is 0.0115. The number of hydrogen-bond acceptors (Lipinski definition) is 7. The van der Waals surface area contributed by atoms with Crippen LogP contribution in [0.25, 0.3) is 0 Å². The second-order valence-corrected chi connectivity index (χ2v) is 8.76. The van der Waals surface area contributed by atoms with Crippen molar-refractivity contribution in [2.45, 2.75) is 18.6 Å². The molecule has 2 aromatic rings. The van der Waals surface area contributed by atoms with Crippen molar-refractivity contribution in [3.05, 3.63) is 54.1 Å². The van der Waals surface area contributed by atoms with Crippen LogP contribution >= 0.6 is 0 Å². The molecule has 0 N–H and O–H groups in total. The summed E-state index contributed by atoms with van der Waals surface area (Å²) in [5.74, 6) is -0.209. The van der Waals surface area contributed by atoms with Gasteiger partial charge in [0.25, 0.3) is 5.91 Å². The topological polar surface area (TPSA) is 96.4 Å². The first-order valence-electron chi connectivity index (χ1n) is 8.46. The van der Waals surface area contributed by atoms with E-state index in [-0.39, 0.29) is 35.2 Å². The fourth-order valence-corrected chi connectivity index (χ4v) is 5.75. The van der Waals surface area contributed by atoms with Crippen molar-refractivity contribution in [1.29, 1.82) is 0 Å². The summed E-state index contributed by atoms with van der Waals surface area (Å²) in [4.78, 5) is 20.9. The Kier molecular flexibility index (Phi) is 4.41. The van der Waals surface area contributed by atoms with Crippen LogP contribution in [-0.4, -0.2) is 76.0 Å². The van der Waals surface area contributed by atoms with Gasteiger partial charge in [-0.3, -0.25) is 14.7 Å². The lowest BCUT2D eigenvalue weighted by atomic mass is 10.0. The second kappa shape index (κ2) is 6.73. The first-order chi connectivity index (χ1) is 12.5. The molecule has 0 aliphatic carbocycles. The van der Waals surface area contributed by atoms with Gasteiger partial charge in [-0.25, -0.2) is 8.42 Å². The van der Waals surface area contributed by atoms with Gasteiger partial charge in [0.15, 0.2) is 15.5 Å². The fourth-order valence-electron chi connectivity index (χ4n) is 3.74. The third-order valence-electron chi connectivity index (χ3n) is 4.93. The minimum Gasteiger partial charge on any atom is -0.330 e. The summed E-state index contributed by atoms with van der Waals surface area (Å²) < 4.78 is 24.6.